The van der Waals surface area contributed by atoms with Crippen molar-refractivity contribution in [1.29, 1.82) is 0 Å². The van der Waals surface area contributed by atoms with Crippen LogP contribution in [0.25, 0.3) is 10.9 Å². The van der Waals surface area contributed by atoms with Gasteiger partial charge in [-0.2, -0.15) is 4.31 Å². The average Bonchev–Trinajstić information content (AvgIpc) is 2.54. The van der Waals surface area contributed by atoms with Gasteiger partial charge in [0, 0.05) is 24.7 Å². The smallest absolute Gasteiger partial charge is 0.245 e. The third-order valence-corrected chi connectivity index (χ3v) is 6.11. The lowest BCUT2D eigenvalue weighted by atomic mass is 9.99. The van der Waals surface area contributed by atoms with E-state index in [0.29, 0.717) is 24.9 Å². The Morgan fingerprint density at radius 1 is 1.39 bits per heavy atom. The van der Waals surface area contributed by atoms with E-state index in [1.165, 1.54) is 4.31 Å². The van der Waals surface area contributed by atoms with Crippen molar-refractivity contribution in [2.24, 2.45) is 11.7 Å². The van der Waals surface area contributed by atoms with Crippen LogP contribution < -0.4 is 5.73 Å². The van der Waals surface area contributed by atoms with Gasteiger partial charge < -0.3 is 5.73 Å². The highest BCUT2D eigenvalue weighted by atomic mass is 32.2. The van der Waals surface area contributed by atoms with Crippen molar-refractivity contribution in [3.63, 3.8) is 0 Å². The third kappa shape index (κ3) is 2.94. The van der Waals surface area contributed by atoms with Crippen LogP contribution in [0.1, 0.15) is 18.4 Å². The second-order valence-corrected chi connectivity index (χ2v) is 7.85. The first-order valence-electron chi connectivity index (χ1n) is 7.54. The monoisotopic (exact) mass is 333 g/mol. The molecule has 7 heteroatoms. The van der Waals surface area contributed by atoms with Crippen LogP contribution >= 0.6 is 0 Å². The fraction of sp³-hybridized carbons (Fsp3) is 0.375. The molecule has 0 unspecified atom stereocenters. The highest BCUT2D eigenvalue weighted by molar-refractivity contribution is 7.89. The molecule has 0 bridgehead atoms. The molecular formula is C16H19N3O3S. The van der Waals surface area contributed by atoms with Gasteiger partial charge in [-0.1, -0.05) is 12.1 Å². The number of fused-ring (bicyclic) bond motifs is 1. The van der Waals surface area contributed by atoms with Gasteiger partial charge in [-0.25, -0.2) is 8.42 Å². The zero-order valence-corrected chi connectivity index (χ0v) is 13.7. The van der Waals surface area contributed by atoms with E-state index >= 15 is 0 Å². The molecule has 0 radical (unpaired) electrons. The number of benzene rings is 1. The first-order valence-corrected chi connectivity index (χ1v) is 8.98. The molecule has 6 nitrogen and oxygen atoms in total. The van der Waals surface area contributed by atoms with Crippen LogP contribution in [-0.4, -0.2) is 36.7 Å². The number of sulfonamides is 1. The van der Waals surface area contributed by atoms with Crippen molar-refractivity contribution in [2.75, 3.05) is 13.1 Å². The van der Waals surface area contributed by atoms with Gasteiger partial charge in [-0.15, -0.1) is 0 Å². The number of aromatic nitrogens is 1. The summed E-state index contributed by atoms with van der Waals surface area (Å²) in [5.74, 6) is -0.875. The quantitative estimate of drug-likeness (QED) is 0.919. The molecule has 1 aromatic carbocycles. The summed E-state index contributed by atoms with van der Waals surface area (Å²) < 4.78 is 27.3. The molecule has 0 spiro atoms. The number of piperidine rings is 1. The van der Waals surface area contributed by atoms with Crippen LogP contribution in [0.4, 0.5) is 0 Å². The van der Waals surface area contributed by atoms with Gasteiger partial charge in [0.15, 0.2) is 0 Å². The van der Waals surface area contributed by atoms with Crippen LogP contribution in [0.2, 0.25) is 0 Å². The molecule has 1 fully saturated rings. The molecule has 0 aliphatic carbocycles. The lowest BCUT2D eigenvalue weighted by Crippen LogP contribution is -2.44. The van der Waals surface area contributed by atoms with E-state index in [-0.39, 0.29) is 11.4 Å². The minimum absolute atomic E-state index is 0.139. The number of rotatable bonds is 3. The molecule has 122 valence electrons. The molecule has 1 aliphatic rings. The maximum Gasteiger partial charge on any atom is 0.245 e. The fourth-order valence-corrected chi connectivity index (χ4v) is 4.67. The number of aryl methyl sites for hydroxylation is 1. The van der Waals surface area contributed by atoms with Crippen LogP contribution in [-0.2, 0) is 14.8 Å². The maximum absolute atomic E-state index is 13.0. The molecule has 23 heavy (non-hydrogen) atoms. The summed E-state index contributed by atoms with van der Waals surface area (Å²) in [4.78, 5) is 15.9. The molecule has 2 N–H and O–H groups in total. The lowest BCUT2D eigenvalue weighted by Gasteiger charge is -2.30. The highest BCUT2D eigenvalue weighted by Crippen LogP contribution is 2.28. The predicted octanol–water partition coefficient (Wildman–Crippen LogP) is 1.43. The number of amides is 1. The number of nitrogens with two attached hydrogens (primary N) is 1. The summed E-state index contributed by atoms with van der Waals surface area (Å²) in [5.41, 5.74) is 6.77. The topological polar surface area (TPSA) is 93.4 Å². The van der Waals surface area contributed by atoms with Gasteiger partial charge in [-0.3, -0.25) is 9.78 Å². The number of carbonyl (C=O) groups is 1. The molecule has 3 rings (SSSR count). The molecule has 1 saturated heterocycles. The molecule has 2 heterocycles. The lowest BCUT2D eigenvalue weighted by molar-refractivity contribution is -0.122. The Balaban J connectivity index is 2.04. The molecule has 1 atom stereocenters. The SMILES string of the molecule is Cc1cnc2c(S(=O)(=O)N3CCC[C@@H](C(N)=O)C3)cccc2c1. The van der Waals surface area contributed by atoms with Crippen molar-refractivity contribution >= 4 is 26.8 Å². The van der Waals surface area contributed by atoms with Crippen molar-refractivity contribution in [1.82, 2.24) is 9.29 Å². The van der Waals surface area contributed by atoms with Crippen molar-refractivity contribution in [3.8, 4) is 0 Å². The van der Waals surface area contributed by atoms with Gasteiger partial charge >= 0.3 is 0 Å². The molecule has 2 aromatic rings. The van der Waals surface area contributed by atoms with E-state index in [2.05, 4.69) is 4.98 Å². The zero-order valence-electron chi connectivity index (χ0n) is 12.9. The Bertz CT molecular complexity index is 864. The number of pyridine rings is 1. The van der Waals surface area contributed by atoms with Crippen molar-refractivity contribution in [2.45, 2.75) is 24.7 Å². The number of nitrogens with zero attached hydrogens (tertiary/aromatic N) is 2. The second kappa shape index (κ2) is 5.90. The van der Waals surface area contributed by atoms with Crippen LogP contribution in [0.5, 0.6) is 0 Å². The summed E-state index contributed by atoms with van der Waals surface area (Å²) >= 11 is 0. The minimum Gasteiger partial charge on any atom is -0.369 e. The first-order chi connectivity index (χ1) is 10.9. The first kappa shape index (κ1) is 15.9. The van der Waals surface area contributed by atoms with Gasteiger partial charge in [0.25, 0.3) is 0 Å². The number of hydrogen-bond acceptors (Lipinski definition) is 4. The van der Waals surface area contributed by atoms with Crippen LogP contribution in [0.3, 0.4) is 0 Å². The van der Waals surface area contributed by atoms with E-state index in [9.17, 15) is 13.2 Å². The standard InChI is InChI=1S/C16H19N3O3S/c1-11-8-12-4-2-6-14(15(12)18-9-11)23(21,22)19-7-3-5-13(10-19)16(17)20/h2,4,6,8-9,13H,3,5,7,10H2,1H3,(H2,17,20)/t13-/m1/s1. The second-order valence-electron chi connectivity index (χ2n) is 5.95. The molecule has 0 saturated carbocycles. The normalized spacial score (nSPS) is 19.8. The summed E-state index contributed by atoms with van der Waals surface area (Å²) in [7, 11) is -3.70. The third-order valence-electron chi connectivity index (χ3n) is 4.21. The average molecular weight is 333 g/mol. The largest absolute Gasteiger partial charge is 0.369 e. The zero-order chi connectivity index (χ0) is 16.6. The van der Waals surface area contributed by atoms with E-state index in [0.717, 1.165) is 10.9 Å². The Morgan fingerprint density at radius 2 is 2.17 bits per heavy atom. The molecular weight excluding hydrogens is 314 g/mol. The molecule has 1 aromatic heterocycles. The van der Waals surface area contributed by atoms with E-state index < -0.39 is 21.8 Å². The Kier molecular flexibility index (Phi) is 4.08. The number of para-hydroxylation sites is 1. The van der Waals surface area contributed by atoms with Gasteiger partial charge in [0.1, 0.15) is 4.90 Å². The number of carbonyl (C=O) groups excluding carboxylic acids is 1. The summed E-state index contributed by atoms with van der Waals surface area (Å²) in [6.07, 6.45) is 2.92. The van der Waals surface area contributed by atoms with E-state index in [1.807, 2.05) is 19.1 Å². The van der Waals surface area contributed by atoms with Gasteiger partial charge in [0.2, 0.25) is 15.9 Å². The Labute approximate surface area is 135 Å². The van der Waals surface area contributed by atoms with Crippen LogP contribution in [0, 0.1) is 12.8 Å². The fourth-order valence-electron chi connectivity index (χ4n) is 2.98. The summed E-state index contributed by atoms with van der Waals surface area (Å²) in [6.45, 7) is 2.45. The minimum atomic E-state index is -3.70. The maximum atomic E-state index is 13.0. The van der Waals surface area contributed by atoms with Crippen molar-refractivity contribution in [3.05, 3.63) is 36.0 Å². The Morgan fingerprint density at radius 3 is 2.91 bits per heavy atom. The number of hydrogen-bond donors (Lipinski definition) is 1. The van der Waals surface area contributed by atoms with Gasteiger partial charge in [-0.05, 0) is 37.5 Å². The highest BCUT2D eigenvalue weighted by Gasteiger charge is 2.33. The Hall–Kier alpha value is -1.99. The van der Waals surface area contributed by atoms with Crippen LogP contribution in [0.15, 0.2) is 35.4 Å². The van der Waals surface area contributed by atoms with E-state index in [4.69, 9.17) is 5.73 Å². The van der Waals surface area contributed by atoms with Crippen molar-refractivity contribution < 1.29 is 13.2 Å². The molecule has 1 aliphatic heterocycles. The number of primary amides is 1. The molecule has 1 amide bonds. The summed E-state index contributed by atoms with van der Waals surface area (Å²) in [6, 6.07) is 7.03. The van der Waals surface area contributed by atoms with E-state index in [1.54, 1.807) is 18.3 Å². The summed E-state index contributed by atoms with van der Waals surface area (Å²) in [5, 5.41) is 0.787. The predicted molar refractivity (Wildman–Crippen MR) is 87.2 cm³/mol. The van der Waals surface area contributed by atoms with Gasteiger partial charge in [0.05, 0.1) is 11.4 Å².